The minimum Gasteiger partial charge on any atom is -0.314 e. The molecule has 0 unspecified atom stereocenters. The van der Waals surface area contributed by atoms with Gasteiger partial charge in [-0.05, 0) is 31.0 Å². The second-order valence-corrected chi connectivity index (χ2v) is 4.47. The van der Waals surface area contributed by atoms with Crippen LogP contribution in [0.15, 0.2) is 18.2 Å². The quantitative estimate of drug-likeness (QED) is 0.877. The molecule has 96 valence electrons. The Balaban J connectivity index is 0.00000144. The van der Waals surface area contributed by atoms with Crippen molar-refractivity contribution in [1.29, 1.82) is 0 Å². The number of hydrogen-bond donors (Lipinski definition) is 1. The average molecular weight is 259 g/mol. The highest BCUT2D eigenvalue weighted by molar-refractivity contribution is 5.85. The lowest BCUT2D eigenvalue weighted by Gasteiger charge is -2.33. The Morgan fingerprint density at radius 1 is 1.29 bits per heavy atom. The van der Waals surface area contributed by atoms with Gasteiger partial charge in [-0.1, -0.05) is 12.1 Å². The number of nitrogens with zero attached hydrogens (tertiary/aromatic N) is 1. The van der Waals surface area contributed by atoms with Crippen molar-refractivity contribution in [2.24, 2.45) is 0 Å². The lowest BCUT2D eigenvalue weighted by atomic mass is 10.0. The monoisotopic (exact) mass is 258 g/mol. The van der Waals surface area contributed by atoms with Gasteiger partial charge in [0.1, 0.15) is 5.82 Å². The van der Waals surface area contributed by atoms with E-state index in [0.717, 1.165) is 31.7 Å². The van der Waals surface area contributed by atoms with Crippen molar-refractivity contribution in [1.82, 2.24) is 10.2 Å². The van der Waals surface area contributed by atoms with Gasteiger partial charge in [-0.2, -0.15) is 0 Å². The molecule has 0 spiro atoms. The highest BCUT2D eigenvalue weighted by atomic mass is 35.5. The number of halogens is 2. The molecule has 0 radical (unpaired) electrons. The lowest BCUT2D eigenvalue weighted by molar-refractivity contribution is 0.185. The van der Waals surface area contributed by atoms with E-state index in [1.54, 1.807) is 6.07 Å². The van der Waals surface area contributed by atoms with Crippen LogP contribution in [0.1, 0.15) is 24.1 Å². The standard InChI is InChI=1S/C13H19FN2.ClH/c1-10-9-12(3-4-13(10)14)11(2)16-7-5-15-6-8-16;/h3-4,9,11,15H,5-8H2,1-2H3;1H/t11-;/m0./s1. The zero-order valence-corrected chi connectivity index (χ0v) is 11.2. The molecule has 1 heterocycles. The first-order chi connectivity index (χ1) is 7.68. The average Bonchev–Trinajstić information content (AvgIpc) is 2.33. The SMILES string of the molecule is Cc1cc([C@H](C)N2CCNCC2)ccc1F.Cl. The largest absolute Gasteiger partial charge is 0.314 e. The summed E-state index contributed by atoms with van der Waals surface area (Å²) in [4.78, 5) is 2.43. The van der Waals surface area contributed by atoms with E-state index in [9.17, 15) is 4.39 Å². The fourth-order valence-electron chi connectivity index (χ4n) is 2.21. The molecule has 1 aliphatic rings. The van der Waals surface area contributed by atoms with Gasteiger partial charge in [-0.25, -0.2) is 4.39 Å². The molecule has 2 nitrogen and oxygen atoms in total. The van der Waals surface area contributed by atoms with Gasteiger partial charge in [0.25, 0.3) is 0 Å². The molecule has 0 amide bonds. The molecular formula is C13H20ClFN2. The van der Waals surface area contributed by atoms with Gasteiger partial charge in [0.2, 0.25) is 0 Å². The van der Waals surface area contributed by atoms with E-state index >= 15 is 0 Å². The van der Waals surface area contributed by atoms with Gasteiger partial charge in [-0.3, -0.25) is 4.90 Å². The van der Waals surface area contributed by atoms with Crippen molar-refractivity contribution in [3.8, 4) is 0 Å². The van der Waals surface area contributed by atoms with E-state index in [0.29, 0.717) is 6.04 Å². The van der Waals surface area contributed by atoms with E-state index in [1.807, 2.05) is 19.1 Å². The van der Waals surface area contributed by atoms with Gasteiger partial charge in [0.15, 0.2) is 0 Å². The van der Waals surface area contributed by atoms with Crippen molar-refractivity contribution >= 4 is 12.4 Å². The van der Waals surface area contributed by atoms with Crippen molar-refractivity contribution in [3.05, 3.63) is 35.1 Å². The highest BCUT2D eigenvalue weighted by Gasteiger charge is 2.18. The third-order valence-electron chi connectivity index (χ3n) is 3.36. The molecule has 4 heteroatoms. The molecular weight excluding hydrogens is 239 g/mol. The first-order valence-electron chi connectivity index (χ1n) is 5.89. The van der Waals surface area contributed by atoms with Crippen molar-refractivity contribution in [3.63, 3.8) is 0 Å². The fourth-order valence-corrected chi connectivity index (χ4v) is 2.21. The number of hydrogen-bond acceptors (Lipinski definition) is 2. The second kappa shape index (κ2) is 6.34. The maximum atomic E-state index is 13.2. The summed E-state index contributed by atoms with van der Waals surface area (Å²) in [5.41, 5.74) is 1.94. The van der Waals surface area contributed by atoms with Crippen molar-refractivity contribution in [2.75, 3.05) is 26.2 Å². The summed E-state index contributed by atoms with van der Waals surface area (Å²) in [7, 11) is 0. The van der Waals surface area contributed by atoms with Crippen LogP contribution in [-0.4, -0.2) is 31.1 Å². The molecule has 0 aromatic heterocycles. The second-order valence-electron chi connectivity index (χ2n) is 4.47. The molecule has 1 aliphatic heterocycles. The van der Waals surface area contributed by atoms with Gasteiger partial charge in [0.05, 0.1) is 0 Å². The van der Waals surface area contributed by atoms with E-state index in [1.165, 1.54) is 5.56 Å². The maximum Gasteiger partial charge on any atom is 0.126 e. The molecule has 1 aromatic rings. The molecule has 1 aromatic carbocycles. The zero-order valence-electron chi connectivity index (χ0n) is 10.4. The number of nitrogens with one attached hydrogen (secondary N) is 1. The summed E-state index contributed by atoms with van der Waals surface area (Å²) < 4.78 is 13.2. The Morgan fingerprint density at radius 2 is 1.94 bits per heavy atom. The lowest BCUT2D eigenvalue weighted by Crippen LogP contribution is -2.44. The number of piperazine rings is 1. The van der Waals surface area contributed by atoms with Crippen LogP contribution >= 0.6 is 12.4 Å². The van der Waals surface area contributed by atoms with Crippen molar-refractivity contribution in [2.45, 2.75) is 19.9 Å². The minimum atomic E-state index is -0.115. The molecule has 0 bridgehead atoms. The minimum absolute atomic E-state index is 0. The van der Waals surface area contributed by atoms with Crippen LogP contribution in [0.5, 0.6) is 0 Å². The number of rotatable bonds is 2. The highest BCUT2D eigenvalue weighted by Crippen LogP contribution is 2.22. The summed E-state index contributed by atoms with van der Waals surface area (Å²) in [6.07, 6.45) is 0. The summed E-state index contributed by atoms with van der Waals surface area (Å²) in [6.45, 7) is 8.24. The molecule has 17 heavy (non-hydrogen) atoms. The summed E-state index contributed by atoms with van der Waals surface area (Å²) in [6, 6.07) is 5.81. The van der Waals surface area contributed by atoms with Crippen LogP contribution in [0, 0.1) is 12.7 Å². The third kappa shape index (κ3) is 3.41. The Morgan fingerprint density at radius 3 is 2.53 bits per heavy atom. The van der Waals surface area contributed by atoms with E-state index in [4.69, 9.17) is 0 Å². The maximum absolute atomic E-state index is 13.2. The van der Waals surface area contributed by atoms with Gasteiger partial charge < -0.3 is 5.32 Å². The zero-order chi connectivity index (χ0) is 11.5. The Kier molecular flexibility index (Phi) is 5.37. The van der Waals surface area contributed by atoms with Gasteiger partial charge in [0, 0.05) is 32.2 Å². The summed E-state index contributed by atoms with van der Waals surface area (Å²) >= 11 is 0. The first kappa shape index (κ1) is 14.4. The van der Waals surface area contributed by atoms with Crippen LogP contribution in [-0.2, 0) is 0 Å². The summed E-state index contributed by atoms with van der Waals surface area (Å²) in [5.74, 6) is -0.115. The molecule has 1 N–H and O–H groups in total. The Hall–Kier alpha value is -0.640. The van der Waals surface area contributed by atoms with E-state index < -0.39 is 0 Å². The molecule has 1 fully saturated rings. The predicted molar refractivity (Wildman–Crippen MR) is 71.2 cm³/mol. The molecule has 0 aliphatic carbocycles. The Labute approximate surface area is 109 Å². The number of benzene rings is 1. The molecule has 2 rings (SSSR count). The van der Waals surface area contributed by atoms with Crippen LogP contribution in [0.2, 0.25) is 0 Å². The Bertz CT molecular complexity index is 364. The van der Waals surface area contributed by atoms with Crippen molar-refractivity contribution < 1.29 is 4.39 Å². The number of aryl methyl sites for hydroxylation is 1. The third-order valence-corrected chi connectivity index (χ3v) is 3.36. The van der Waals surface area contributed by atoms with E-state index in [2.05, 4.69) is 17.1 Å². The fraction of sp³-hybridized carbons (Fsp3) is 0.538. The predicted octanol–water partition coefficient (Wildman–Crippen LogP) is 2.52. The van der Waals surface area contributed by atoms with Crippen LogP contribution in [0.3, 0.4) is 0 Å². The van der Waals surface area contributed by atoms with Gasteiger partial charge >= 0.3 is 0 Å². The topological polar surface area (TPSA) is 15.3 Å². The van der Waals surface area contributed by atoms with Gasteiger partial charge in [-0.15, -0.1) is 12.4 Å². The van der Waals surface area contributed by atoms with Crippen LogP contribution in [0.4, 0.5) is 4.39 Å². The molecule has 1 atom stereocenters. The smallest absolute Gasteiger partial charge is 0.126 e. The molecule has 0 saturated carbocycles. The normalized spacial score (nSPS) is 18.5. The first-order valence-corrected chi connectivity index (χ1v) is 5.89. The van der Waals surface area contributed by atoms with E-state index in [-0.39, 0.29) is 18.2 Å². The van der Waals surface area contributed by atoms with Crippen LogP contribution in [0.25, 0.3) is 0 Å². The van der Waals surface area contributed by atoms with Crippen LogP contribution < -0.4 is 5.32 Å². The summed E-state index contributed by atoms with van der Waals surface area (Å²) in [5, 5.41) is 3.34. The molecule has 1 saturated heterocycles.